The molecule has 0 atom stereocenters. The third kappa shape index (κ3) is 4.35. The average molecular weight is 376 g/mol. The molecule has 0 radical (unpaired) electrons. The summed E-state index contributed by atoms with van der Waals surface area (Å²) in [4.78, 5) is 12.2. The zero-order valence-corrected chi connectivity index (χ0v) is 15.2. The van der Waals surface area contributed by atoms with Crippen molar-refractivity contribution in [1.29, 1.82) is 0 Å². The Bertz CT molecular complexity index is 849. The number of rotatable bonds is 5. The normalized spacial score (nSPS) is 10.6. The van der Waals surface area contributed by atoms with Gasteiger partial charge in [-0.25, -0.2) is 0 Å². The van der Waals surface area contributed by atoms with E-state index in [1.54, 1.807) is 23.9 Å². The number of halogens is 1. The molecule has 0 unspecified atom stereocenters. The van der Waals surface area contributed by atoms with E-state index in [9.17, 15) is 4.79 Å². The van der Waals surface area contributed by atoms with Gasteiger partial charge >= 0.3 is 0 Å². The maximum Gasteiger partial charge on any atom is 0.257 e. The summed E-state index contributed by atoms with van der Waals surface area (Å²) in [5, 5.41) is 12.1. The van der Waals surface area contributed by atoms with E-state index in [2.05, 4.69) is 15.5 Å². The number of carbonyl (C=O) groups excluding carboxylic acids is 1. The molecule has 122 valence electrons. The summed E-state index contributed by atoms with van der Waals surface area (Å²) < 4.78 is 0.786. The highest BCUT2D eigenvalue weighted by Crippen LogP contribution is 2.30. The molecule has 3 aromatic rings. The van der Waals surface area contributed by atoms with Crippen LogP contribution in [-0.4, -0.2) is 16.1 Å². The Morgan fingerprint density at radius 1 is 1.17 bits per heavy atom. The number of nitrogens with one attached hydrogen (secondary N) is 1. The zero-order valence-electron chi connectivity index (χ0n) is 12.8. The Labute approximate surface area is 153 Å². The van der Waals surface area contributed by atoms with Crippen LogP contribution < -0.4 is 5.32 Å². The summed E-state index contributed by atoms with van der Waals surface area (Å²) in [5.74, 6) is 0.522. The summed E-state index contributed by atoms with van der Waals surface area (Å²) >= 11 is 9.03. The Balaban J connectivity index is 1.60. The number of hydrogen-bond acceptors (Lipinski definition) is 5. The molecule has 0 spiro atoms. The fourth-order valence-electron chi connectivity index (χ4n) is 1.95. The fourth-order valence-corrected chi connectivity index (χ4v) is 3.98. The predicted octanol–water partition coefficient (Wildman–Crippen LogP) is 5.04. The Morgan fingerprint density at radius 2 is 1.92 bits per heavy atom. The third-order valence-corrected chi connectivity index (χ3v) is 5.64. The van der Waals surface area contributed by atoms with Gasteiger partial charge in [0.1, 0.15) is 0 Å². The van der Waals surface area contributed by atoms with Crippen LogP contribution >= 0.6 is 34.7 Å². The zero-order chi connectivity index (χ0) is 16.9. The van der Waals surface area contributed by atoms with Crippen molar-refractivity contribution in [3.63, 3.8) is 0 Å². The molecular weight excluding hydrogens is 362 g/mol. The van der Waals surface area contributed by atoms with Crippen molar-refractivity contribution in [2.45, 2.75) is 17.0 Å². The fraction of sp³-hybridized carbons (Fsp3) is 0.118. The number of benzene rings is 2. The second kappa shape index (κ2) is 7.79. The lowest BCUT2D eigenvalue weighted by atomic mass is 10.1. The van der Waals surface area contributed by atoms with Crippen molar-refractivity contribution < 1.29 is 4.79 Å². The summed E-state index contributed by atoms with van der Waals surface area (Å²) in [5.41, 5.74) is 2.76. The van der Waals surface area contributed by atoms with E-state index in [1.807, 2.05) is 43.3 Å². The van der Waals surface area contributed by atoms with Crippen LogP contribution in [0.1, 0.15) is 21.5 Å². The Hall–Kier alpha value is -1.89. The highest BCUT2D eigenvalue weighted by Gasteiger charge is 2.11. The molecule has 24 heavy (non-hydrogen) atoms. The minimum Gasteiger partial charge on any atom is -0.296 e. The van der Waals surface area contributed by atoms with E-state index in [-0.39, 0.29) is 5.91 Å². The number of carbonyl (C=O) groups is 1. The second-order valence-electron chi connectivity index (χ2n) is 5.07. The minimum absolute atomic E-state index is 0.186. The number of anilines is 1. The molecule has 1 N–H and O–H groups in total. The van der Waals surface area contributed by atoms with Gasteiger partial charge in [0.15, 0.2) is 4.34 Å². The Kier molecular flexibility index (Phi) is 5.50. The highest BCUT2D eigenvalue weighted by molar-refractivity contribution is 8.00. The van der Waals surface area contributed by atoms with Gasteiger partial charge in [-0.15, -0.1) is 10.2 Å². The van der Waals surface area contributed by atoms with E-state index >= 15 is 0 Å². The molecule has 0 saturated heterocycles. The SMILES string of the molecule is Cc1ccc(C(=O)Nc2nnc(SCc3ccccc3Cl)s2)cc1. The highest BCUT2D eigenvalue weighted by atomic mass is 35.5. The van der Waals surface area contributed by atoms with Crippen molar-refractivity contribution in [3.05, 3.63) is 70.2 Å². The molecule has 4 nitrogen and oxygen atoms in total. The number of thioether (sulfide) groups is 1. The maximum absolute atomic E-state index is 12.2. The average Bonchev–Trinajstić information content (AvgIpc) is 3.02. The van der Waals surface area contributed by atoms with Crippen LogP contribution in [-0.2, 0) is 5.75 Å². The van der Waals surface area contributed by atoms with Crippen LogP contribution in [0.2, 0.25) is 5.02 Å². The molecule has 0 aliphatic carbocycles. The van der Waals surface area contributed by atoms with Crippen LogP contribution in [0.5, 0.6) is 0 Å². The van der Waals surface area contributed by atoms with Gasteiger partial charge in [0.25, 0.3) is 5.91 Å². The predicted molar refractivity (Wildman–Crippen MR) is 100 cm³/mol. The smallest absolute Gasteiger partial charge is 0.257 e. The van der Waals surface area contributed by atoms with Crippen molar-refractivity contribution in [2.75, 3.05) is 5.32 Å². The summed E-state index contributed by atoms with van der Waals surface area (Å²) in [6, 6.07) is 15.1. The molecule has 0 bridgehead atoms. The monoisotopic (exact) mass is 375 g/mol. The van der Waals surface area contributed by atoms with E-state index in [0.717, 1.165) is 20.5 Å². The summed E-state index contributed by atoms with van der Waals surface area (Å²) in [7, 11) is 0. The molecule has 1 heterocycles. The lowest BCUT2D eigenvalue weighted by Gasteiger charge is -2.01. The van der Waals surface area contributed by atoms with E-state index in [0.29, 0.717) is 16.4 Å². The lowest BCUT2D eigenvalue weighted by Crippen LogP contribution is -2.11. The molecule has 0 saturated carbocycles. The van der Waals surface area contributed by atoms with Gasteiger partial charge in [0.2, 0.25) is 5.13 Å². The van der Waals surface area contributed by atoms with E-state index < -0.39 is 0 Å². The molecule has 3 rings (SSSR count). The number of hydrogen-bond donors (Lipinski definition) is 1. The lowest BCUT2D eigenvalue weighted by molar-refractivity contribution is 0.102. The van der Waals surface area contributed by atoms with Crippen LogP contribution in [0, 0.1) is 6.92 Å². The van der Waals surface area contributed by atoms with E-state index in [1.165, 1.54) is 11.3 Å². The topological polar surface area (TPSA) is 54.9 Å². The minimum atomic E-state index is -0.186. The van der Waals surface area contributed by atoms with Gasteiger partial charge in [-0.05, 0) is 30.7 Å². The van der Waals surface area contributed by atoms with Gasteiger partial charge in [-0.2, -0.15) is 0 Å². The summed E-state index contributed by atoms with van der Waals surface area (Å²) in [6.07, 6.45) is 0. The van der Waals surface area contributed by atoms with E-state index in [4.69, 9.17) is 11.6 Å². The standard InChI is InChI=1S/C17H14ClN3OS2/c1-11-6-8-12(9-7-11)15(22)19-16-20-21-17(24-16)23-10-13-4-2-3-5-14(13)18/h2-9H,10H2,1H3,(H,19,20,22). The van der Waals surface area contributed by atoms with Crippen LogP contribution in [0.3, 0.4) is 0 Å². The number of nitrogens with zero attached hydrogens (tertiary/aromatic N) is 2. The summed E-state index contributed by atoms with van der Waals surface area (Å²) in [6.45, 7) is 1.98. The third-order valence-electron chi connectivity index (χ3n) is 3.25. The second-order valence-corrected chi connectivity index (χ2v) is 7.68. The van der Waals surface area contributed by atoms with Crippen LogP contribution in [0.15, 0.2) is 52.9 Å². The molecule has 0 aliphatic rings. The number of aryl methyl sites for hydroxylation is 1. The first kappa shape index (κ1) is 17.0. The molecule has 1 amide bonds. The van der Waals surface area contributed by atoms with Gasteiger partial charge in [0, 0.05) is 16.3 Å². The van der Waals surface area contributed by atoms with Gasteiger partial charge in [-0.3, -0.25) is 10.1 Å². The number of amides is 1. The molecular formula is C17H14ClN3OS2. The van der Waals surface area contributed by atoms with Crippen molar-refractivity contribution >= 4 is 45.7 Å². The van der Waals surface area contributed by atoms with Gasteiger partial charge in [-0.1, -0.05) is 70.6 Å². The first-order valence-corrected chi connectivity index (χ1v) is 9.37. The maximum atomic E-state index is 12.2. The van der Waals surface area contributed by atoms with Crippen molar-refractivity contribution in [2.24, 2.45) is 0 Å². The largest absolute Gasteiger partial charge is 0.296 e. The first-order chi connectivity index (χ1) is 11.6. The van der Waals surface area contributed by atoms with Crippen molar-refractivity contribution in [1.82, 2.24) is 10.2 Å². The Morgan fingerprint density at radius 3 is 2.67 bits per heavy atom. The molecule has 7 heteroatoms. The molecule has 1 aromatic heterocycles. The van der Waals surface area contributed by atoms with Crippen LogP contribution in [0.4, 0.5) is 5.13 Å². The quantitative estimate of drug-likeness (QED) is 0.501. The van der Waals surface area contributed by atoms with Crippen molar-refractivity contribution in [3.8, 4) is 0 Å². The van der Waals surface area contributed by atoms with Gasteiger partial charge < -0.3 is 0 Å². The number of aromatic nitrogens is 2. The molecule has 2 aromatic carbocycles. The van der Waals surface area contributed by atoms with Crippen LogP contribution in [0.25, 0.3) is 0 Å². The first-order valence-electron chi connectivity index (χ1n) is 7.19. The van der Waals surface area contributed by atoms with Gasteiger partial charge in [0.05, 0.1) is 0 Å². The molecule has 0 fully saturated rings. The molecule has 0 aliphatic heterocycles.